The van der Waals surface area contributed by atoms with Crippen molar-refractivity contribution < 1.29 is 9.53 Å². The first-order valence-corrected chi connectivity index (χ1v) is 10.7. The van der Waals surface area contributed by atoms with Gasteiger partial charge in [0.2, 0.25) is 5.91 Å². The van der Waals surface area contributed by atoms with Crippen LogP contribution in [0.2, 0.25) is 5.02 Å². The van der Waals surface area contributed by atoms with Crippen LogP contribution >= 0.6 is 11.6 Å². The molecule has 0 bridgehead atoms. The van der Waals surface area contributed by atoms with Gasteiger partial charge in [-0.2, -0.15) is 0 Å². The number of carbonyl (C=O) groups is 1. The van der Waals surface area contributed by atoms with Crippen molar-refractivity contribution in [3.63, 3.8) is 0 Å². The number of carbonyl (C=O) groups excluding carboxylic acids is 1. The molecule has 5 nitrogen and oxygen atoms in total. The summed E-state index contributed by atoms with van der Waals surface area (Å²) in [5.74, 6) is 2.19. The van der Waals surface area contributed by atoms with Gasteiger partial charge in [-0.25, -0.2) is 4.98 Å². The Labute approximate surface area is 175 Å². The topological polar surface area (TPSA) is 47.4 Å². The molecule has 6 heteroatoms. The predicted molar refractivity (Wildman–Crippen MR) is 113 cm³/mol. The molecule has 1 unspecified atom stereocenters. The van der Waals surface area contributed by atoms with Gasteiger partial charge in [-0.15, -0.1) is 0 Å². The molecule has 0 radical (unpaired) electrons. The summed E-state index contributed by atoms with van der Waals surface area (Å²) in [6, 6.07) is 16.2. The summed E-state index contributed by atoms with van der Waals surface area (Å²) in [7, 11) is 0. The summed E-state index contributed by atoms with van der Waals surface area (Å²) in [5.41, 5.74) is 2.12. The number of ether oxygens (including phenoxy) is 1. The van der Waals surface area contributed by atoms with E-state index in [2.05, 4.69) is 15.5 Å². The number of hydrogen-bond acceptors (Lipinski definition) is 3. The average molecular weight is 410 g/mol. The monoisotopic (exact) mass is 409 g/mol. The number of aryl methyl sites for hydroxylation is 1. The molecule has 2 aromatic carbocycles. The number of rotatable bonds is 7. The maximum atomic E-state index is 12.5. The van der Waals surface area contributed by atoms with Crippen LogP contribution in [0.25, 0.3) is 11.0 Å². The van der Waals surface area contributed by atoms with E-state index in [0.717, 1.165) is 49.2 Å². The molecule has 5 rings (SSSR count). The maximum Gasteiger partial charge on any atom is 0.223 e. The minimum Gasteiger partial charge on any atom is -0.492 e. The number of imidazole rings is 1. The Kier molecular flexibility index (Phi) is 4.92. The molecular formula is C23H24ClN3O2. The Hall–Kier alpha value is -2.53. The van der Waals surface area contributed by atoms with E-state index in [9.17, 15) is 4.79 Å². The number of para-hydroxylation sites is 3. The minimum atomic E-state index is 0.167. The van der Waals surface area contributed by atoms with Crippen molar-refractivity contribution in [2.75, 3.05) is 13.2 Å². The van der Waals surface area contributed by atoms with E-state index in [1.807, 2.05) is 42.5 Å². The van der Waals surface area contributed by atoms with E-state index in [4.69, 9.17) is 21.3 Å². The first kappa shape index (κ1) is 18.5. The van der Waals surface area contributed by atoms with Crippen LogP contribution in [0.1, 0.15) is 37.4 Å². The minimum absolute atomic E-state index is 0.167. The molecule has 29 heavy (non-hydrogen) atoms. The normalized spacial score (nSPS) is 19.3. The van der Waals surface area contributed by atoms with Crippen molar-refractivity contribution in [2.45, 2.75) is 44.2 Å². The zero-order valence-corrected chi connectivity index (χ0v) is 17.0. The number of fused-ring (bicyclic) bond motifs is 1. The molecule has 0 spiro atoms. The zero-order chi connectivity index (χ0) is 19.8. The van der Waals surface area contributed by atoms with Crippen molar-refractivity contribution in [2.24, 2.45) is 0 Å². The van der Waals surface area contributed by atoms with Crippen LogP contribution in [0.5, 0.6) is 5.75 Å². The van der Waals surface area contributed by atoms with Gasteiger partial charge in [-0.1, -0.05) is 35.9 Å². The first-order valence-electron chi connectivity index (χ1n) is 10.3. The SMILES string of the molecule is O=C1CC(c2nc3ccccc3n2CCCOc2ccccc2Cl)CN1C1CC1. The third-order valence-corrected chi connectivity index (χ3v) is 6.13. The predicted octanol–water partition coefficient (Wildman–Crippen LogP) is 4.64. The van der Waals surface area contributed by atoms with E-state index < -0.39 is 0 Å². The fourth-order valence-corrected chi connectivity index (χ4v) is 4.44. The molecule has 0 N–H and O–H groups in total. The lowest BCUT2D eigenvalue weighted by atomic mass is 10.1. The van der Waals surface area contributed by atoms with Gasteiger partial charge in [0.05, 0.1) is 22.7 Å². The van der Waals surface area contributed by atoms with Crippen LogP contribution in [0, 0.1) is 0 Å². The second-order valence-corrected chi connectivity index (χ2v) is 8.33. The van der Waals surface area contributed by atoms with Gasteiger partial charge in [0.15, 0.2) is 0 Å². The molecule has 2 fully saturated rings. The largest absolute Gasteiger partial charge is 0.492 e. The fraction of sp³-hybridized carbons (Fsp3) is 0.391. The Morgan fingerprint density at radius 2 is 1.90 bits per heavy atom. The molecule has 1 aliphatic carbocycles. The fourth-order valence-electron chi connectivity index (χ4n) is 4.25. The lowest BCUT2D eigenvalue weighted by Crippen LogP contribution is -2.27. The third-order valence-electron chi connectivity index (χ3n) is 5.82. The van der Waals surface area contributed by atoms with Gasteiger partial charge in [-0.05, 0) is 43.5 Å². The van der Waals surface area contributed by atoms with E-state index in [1.54, 1.807) is 0 Å². The van der Waals surface area contributed by atoms with Crippen LogP contribution in [0.3, 0.4) is 0 Å². The van der Waals surface area contributed by atoms with Gasteiger partial charge in [-0.3, -0.25) is 4.79 Å². The van der Waals surface area contributed by atoms with Crippen LogP contribution in [0.4, 0.5) is 0 Å². The molecule has 150 valence electrons. The average Bonchev–Trinajstić information content (AvgIpc) is 3.40. The Morgan fingerprint density at radius 3 is 2.72 bits per heavy atom. The van der Waals surface area contributed by atoms with Gasteiger partial charge in [0.1, 0.15) is 11.6 Å². The Morgan fingerprint density at radius 1 is 1.10 bits per heavy atom. The summed E-state index contributed by atoms with van der Waals surface area (Å²) in [4.78, 5) is 19.5. The maximum absolute atomic E-state index is 12.5. The highest BCUT2D eigenvalue weighted by molar-refractivity contribution is 6.32. The van der Waals surface area contributed by atoms with Crippen molar-refractivity contribution in [1.29, 1.82) is 0 Å². The standard InChI is InChI=1S/C23H24ClN3O2/c24-18-6-1-4-9-21(18)29-13-5-12-26-20-8-3-2-7-19(20)25-23(26)16-14-22(28)27(15-16)17-10-11-17/h1-4,6-9,16-17H,5,10-15H2. The van der Waals surface area contributed by atoms with Crippen molar-refractivity contribution in [3.05, 3.63) is 59.4 Å². The molecule has 1 aliphatic heterocycles. The second-order valence-electron chi connectivity index (χ2n) is 7.92. The Bertz CT molecular complexity index is 1040. The van der Waals surface area contributed by atoms with Crippen LogP contribution in [0.15, 0.2) is 48.5 Å². The number of amides is 1. The molecule has 2 heterocycles. The highest BCUT2D eigenvalue weighted by Gasteiger charge is 2.41. The summed E-state index contributed by atoms with van der Waals surface area (Å²) in [5, 5.41) is 0.630. The second kappa shape index (κ2) is 7.71. The van der Waals surface area contributed by atoms with Gasteiger partial charge in [0, 0.05) is 31.5 Å². The number of nitrogens with zero attached hydrogens (tertiary/aromatic N) is 3. The quantitative estimate of drug-likeness (QED) is 0.534. The first-order chi connectivity index (χ1) is 14.2. The van der Waals surface area contributed by atoms with E-state index >= 15 is 0 Å². The molecule has 3 aromatic rings. The third kappa shape index (κ3) is 3.71. The number of aromatic nitrogens is 2. The van der Waals surface area contributed by atoms with Crippen LogP contribution in [-0.4, -0.2) is 39.6 Å². The summed E-state index contributed by atoms with van der Waals surface area (Å²) in [6.45, 7) is 2.17. The van der Waals surface area contributed by atoms with Gasteiger partial charge in [0.25, 0.3) is 0 Å². The lowest BCUT2D eigenvalue weighted by Gasteiger charge is -2.16. The molecule has 2 aliphatic rings. The number of benzene rings is 2. The van der Waals surface area contributed by atoms with E-state index in [-0.39, 0.29) is 11.8 Å². The molecule has 1 aromatic heterocycles. The van der Waals surface area contributed by atoms with Crippen molar-refractivity contribution in [3.8, 4) is 5.75 Å². The smallest absolute Gasteiger partial charge is 0.223 e. The van der Waals surface area contributed by atoms with Crippen LogP contribution in [-0.2, 0) is 11.3 Å². The molecule has 1 saturated heterocycles. The number of likely N-dealkylation sites (tertiary alicyclic amines) is 1. The van der Waals surface area contributed by atoms with E-state index in [0.29, 0.717) is 29.8 Å². The zero-order valence-electron chi connectivity index (χ0n) is 16.3. The van der Waals surface area contributed by atoms with Crippen molar-refractivity contribution >= 4 is 28.5 Å². The number of hydrogen-bond donors (Lipinski definition) is 0. The Balaban J connectivity index is 1.33. The molecular weight excluding hydrogens is 386 g/mol. The molecule has 1 saturated carbocycles. The summed E-state index contributed by atoms with van der Waals surface area (Å²) >= 11 is 6.17. The van der Waals surface area contributed by atoms with Crippen molar-refractivity contribution in [1.82, 2.24) is 14.5 Å². The van der Waals surface area contributed by atoms with E-state index in [1.165, 1.54) is 0 Å². The summed E-state index contributed by atoms with van der Waals surface area (Å²) < 4.78 is 8.14. The highest BCUT2D eigenvalue weighted by atomic mass is 35.5. The summed E-state index contributed by atoms with van der Waals surface area (Å²) in [6.07, 6.45) is 3.70. The molecule has 1 atom stereocenters. The molecule has 1 amide bonds. The lowest BCUT2D eigenvalue weighted by molar-refractivity contribution is -0.128. The highest BCUT2D eigenvalue weighted by Crippen LogP contribution is 2.37. The van der Waals surface area contributed by atoms with Gasteiger partial charge >= 0.3 is 0 Å². The van der Waals surface area contributed by atoms with Gasteiger partial charge < -0.3 is 14.2 Å². The number of halogens is 1. The van der Waals surface area contributed by atoms with Crippen LogP contribution < -0.4 is 4.74 Å².